The molecule has 2 aliphatic rings. The molecule has 3 heterocycles. The Morgan fingerprint density at radius 2 is 1.91 bits per heavy atom. The number of nitrogens with zero attached hydrogens (tertiary/aromatic N) is 2. The van der Waals surface area contributed by atoms with Gasteiger partial charge in [-0.3, -0.25) is 9.59 Å². The molecular weight excluding hydrogens is 426 g/mol. The maximum Gasteiger partial charge on any atom is 0.271 e. The van der Waals surface area contributed by atoms with E-state index in [4.69, 9.17) is 16.0 Å². The van der Waals surface area contributed by atoms with E-state index in [0.717, 1.165) is 36.8 Å². The molecule has 1 saturated carbocycles. The van der Waals surface area contributed by atoms with E-state index in [1.807, 2.05) is 41.8 Å². The van der Waals surface area contributed by atoms with Gasteiger partial charge in [-0.15, -0.1) is 0 Å². The van der Waals surface area contributed by atoms with Crippen molar-refractivity contribution in [2.45, 2.75) is 64.2 Å². The van der Waals surface area contributed by atoms with Crippen LogP contribution < -0.4 is 5.32 Å². The number of benzene rings is 1. The van der Waals surface area contributed by atoms with Crippen molar-refractivity contribution in [1.29, 1.82) is 0 Å². The molecule has 168 valence electrons. The maximum absolute atomic E-state index is 13.7. The van der Waals surface area contributed by atoms with Crippen molar-refractivity contribution in [1.82, 2.24) is 14.8 Å². The lowest BCUT2D eigenvalue weighted by atomic mass is 9.86. The van der Waals surface area contributed by atoms with Gasteiger partial charge in [0, 0.05) is 29.7 Å². The number of nitrogens with one attached hydrogen (secondary N) is 1. The molecule has 0 spiro atoms. The molecule has 2 amide bonds. The molecular formula is C25H28ClN3O3. The van der Waals surface area contributed by atoms with Crippen molar-refractivity contribution in [3.8, 4) is 0 Å². The van der Waals surface area contributed by atoms with Crippen LogP contribution in [-0.4, -0.2) is 32.9 Å². The van der Waals surface area contributed by atoms with E-state index in [1.54, 1.807) is 17.2 Å². The molecule has 32 heavy (non-hydrogen) atoms. The van der Waals surface area contributed by atoms with Gasteiger partial charge in [-0.2, -0.15) is 0 Å². The van der Waals surface area contributed by atoms with Crippen molar-refractivity contribution in [2.75, 3.05) is 0 Å². The van der Waals surface area contributed by atoms with Gasteiger partial charge in [0.05, 0.1) is 18.3 Å². The molecule has 1 fully saturated rings. The van der Waals surface area contributed by atoms with Crippen molar-refractivity contribution in [3.63, 3.8) is 0 Å². The molecule has 1 unspecified atom stereocenters. The van der Waals surface area contributed by atoms with Crippen LogP contribution in [0.4, 0.5) is 0 Å². The second kappa shape index (κ2) is 8.00. The molecule has 1 aromatic carbocycles. The van der Waals surface area contributed by atoms with E-state index in [2.05, 4.69) is 12.2 Å². The lowest BCUT2D eigenvalue weighted by molar-refractivity contribution is -0.134. The first-order valence-electron chi connectivity index (χ1n) is 11.3. The molecule has 1 aliphatic heterocycles. The van der Waals surface area contributed by atoms with Crippen LogP contribution in [0.2, 0.25) is 5.02 Å². The average molecular weight is 454 g/mol. The smallest absolute Gasteiger partial charge is 0.271 e. The average Bonchev–Trinajstić information content (AvgIpc) is 3.36. The van der Waals surface area contributed by atoms with Gasteiger partial charge < -0.3 is 19.2 Å². The number of furan rings is 1. The number of aromatic nitrogens is 1. The highest BCUT2D eigenvalue weighted by atomic mass is 35.5. The van der Waals surface area contributed by atoms with Crippen LogP contribution in [0.5, 0.6) is 0 Å². The van der Waals surface area contributed by atoms with Crippen molar-refractivity contribution in [3.05, 3.63) is 58.9 Å². The van der Waals surface area contributed by atoms with E-state index in [1.165, 1.54) is 0 Å². The fourth-order valence-electron chi connectivity index (χ4n) is 5.04. The van der Waals surface area contributed by atoms with Crippen LogP contribution in [0.1, 0.15) is 55.6 Å². The largest absolute Gasteiger partial charge is 0.463 e. The topological polar surface area (TPSA) is 67.5 Å². The molecule has 0 radical (unpaired) electrons. The van der Waals surface area contributed by atoms with Gasteiger partial charge in [0.15, 0.2) is 5.58 Å². The lowest BCUT2D eigenvalue weighted by Gasteiger charge is -2.45. The molecule has 6 nitrogen and oxygen atoms in total. The lowest BCUT2D eigenvalue weighted by Crippen LogP contribution is -2.64. The minimum Gasteiger partial charge on any atom is -0.463 e. The van der Waals surface area contributed by atoms with Gasteiger partial charge >= 0.3 is 0 Å². The molecule has 5 rings (SSSR count). The van der Waals surface area contributed by atoms with Gasteiger partial charge in [-0.05, 0) is 56.2 Å². The van der Waals surface area contributed by atoms with Gasteiger partial charge in [0.1, 0.15) is 11.2 Å². The summed E-state index contributed by atoms with van der Waals surface area (Å²) in [4.78, 5) is 29.1. The minimum atomic E-state index is -1.03. The second-order valence-corrected chi connectivity index (χ2v) is 9.94. The van der Waals surface area contributed by atoms with Crippen LogP contribution in [0.15, 0.2) is 47.1 Å². The zero-order chi connectivity index (χ0) is 22.5. The molecule has 1 atom stereocenters. The number of hydrogen-bond donors (Lipinski definition) is 1. The summed E-state index contributed by atoms with van der Waals surface area (Å²) in [6, 6.07) is 11.2. The molecule has 1 N–H and O–H groups in total. The zero-order valence-electron chi connectivity index (χ0n) is 18.4. The van der Waals surface area contributed by atoms with Crippen molar-refractivity contribution >= 4 is 34.5 Å². The van der Waals surface area contributed by atoms with Crippen LogP contribution >= 0.6 is 11.6 Å². The Kier molecular flexibility index (Phi) is 5.28. The summed E-state index contributed by atoms with van der Waals surface area (Å²) in [5.41, 5.74) is 1.94. The standard InChI is InChI=1S/C25H28ClN3O3/c1-16-3-9-19(10-4-16)27-24(31)25(2)15-28-20-11-12-32-22(20)13-21(28)23(30)29(25)14-17-5-7-18(26)8-6-17/h5-8,11-13,16,19H,3-4,9-10,14-15H2,1-2H3,(H,27,31). The van der Waals surface area contributed by atoms with Gasteiger partial charge in [-0.1, -0.05) is 30.7 Å². The number of carbonyl (C=O) groups is 2. The summed E-state index contributed by atoms with van der Waals surface area (Å²) in [6.07, 6.45) is 5.81. The van der Waals surface area contributed by atoms with Crippen molar-refractivity contribution in [2.24, 2.45) is 5.92 Å². The Morgan fingerprint density at radius 3 is 2.62 bits per heavy atom. The fourth-order valence-corrected chi connectivity index (χ4v) is 5.16. The summed E-state index contributed by atoms with van der Waals surface area (Å²) in [5.74, 6) is 0.427. The molecule has 1 aliphatic carbocycles. The third kappa shape index (κ3) is 3.60. The first-order valence-corrected chi connectivity index (χ1v) is 11.7. The summed E-state index contributed by atoms with van der Waals surface area (Å²) < 4.78 is 7.46. The molecule has 2 aromatic heterocycles. The number of amides is 2. The minimum absolute atomic E-state index is 0.102. The van der Waals surface area contributed by atoms with E-state index in [9.17, 15) is 9.59 Å². The number of fused-ring (bicyclic) bond motifs is 3. The Balaban J connectivity index is 1.50. The Hall–Kier alpha value is -2.73. The highest BCUT2D eigenvalue weighted by molar-refractivity contribution is 6.30. The Morgan fingerprint density at radius 1 is 1.19 bits per heavy atom. The SMILES string of the molecule is CC1CCC(NC(=O)C2(C)Cn3c(cc4occc43)C(=O)N2Cc2ccc(Cl)cc2)CC1. The summed E-state index contributed by atoms with van der Waals surface area (Å²) >= 11 is 6.05. The number of carbonyl (C=O) groups excluding carboxylic acids is 2. The first kappa shape index (κ1) is 21.1. The normalized spacial score (nSPS) is 25.7. The van der Waals surface area contributed by atoms with E-state index in [0.29, 0.717) is 35.3 Å². The fraction of sp³-hybridized carbons (Fsp3) is 0.440. The summed E-state index contributed by atoms with van der Waals surface area (Å²) in [7, 11) is 0. The molecule has 0 bridgehead atoms. The van der Waals surface area contributed by atoms with E-state index in [-0.39, 0.29) is 17.9 Å². The van der Waals surface area contributed by atoms with E-state index < -0.39 is 5.54 Å². The van der Waals surface area contributed by atoms with Crippen LogP contribution in [0.3, 0.4) is 0 Å². The number of hydrogen-bond acceptors (Lipinski definition) is 3. The van der Waals surface area contributed by atoms with Crippen LogP contribution in [-0.2, 0) is 17.9 Å². The quantitative estimate of drug-likeness (QED) is 0.604. The van der Waals surface area contributed by atoms with Gasteiger partial charge in [-0.25, -0.2) is 0 Å². The number of halogens is 1. The Labute approximate surface area is 192 Å². The highest BCUT2D eigenvalue weighted by Crippen LogP contribution is 2.34. The predicted molar refractivity (Wildman–Crippen MR) is 123 cm³/mol. The Bertz CT molecular complexity index is 1160. The van der Waals surface area contributed by atoms with Crippen molar-refractivity contribution < 1.29 is 14.0 Å². The van der Waals surface area contributed by atoms with Crippen LogP contribution in [0.25, 0.3) is 11.1 Å². The van der Waals surface area contributed by atoms with Gasteiger partial charge in [0.25, 0.3) is 5.91 Å². The monoisotopic (exact) mass is 453 g/mol. The zero-order valence-corrected chi connectivity index (χ0v) is 19.2. The maximum atomic E-state index is 13.7. The summed E-state index contributed by atoms with van der Waals surface area (Å²) in [5, 5.41) is 3.91. The first-order chi connectivity index (χ1) is 15.3. The second-order valence-electron chi connectivity index (χ2n) is 9.51. The third-order valence-electron chi connectivity index (χ3n) is 7.14. The summed E-state index contributed by atoms with van der Waals surface area (Å²) in [6.45, 7) is 4.83. The van der Waals surface area contributed by atoms with Crippen LogP contribution in [0, 0.1) is 5.92 Å². The van der Waals surface area contributed by atoms with E-state index >= 15 is 0 Å². The molecule has 7 heteroatoms. The number of rotatable bonds is 4. The molecule has 3 aromatic rings. The highest BCUT2D eigenvalue weighted by Gasteiger charge is 2.48. The molecule has 0 saturated heterocycles. The van der Waals surface area contributed by atoms with Gasteiger partial charge in [0.2, 0.25) is 5.91 Å². The third-order valence-corrected chi connectivity index (χ3v) is 7.39. The predicted octanol–water partition coefficient (Wildman–Crippen LogP) is 5.00.